The number of aromatic nitrogens is 6. The average molecular weight is 717 g/mol. The maximum absolute atomic E-state index is 5.37. The molecule has 0 N–H and O–H groups in total. The van der Waals surface area contributed by atoms with Crippen LogP contribution in [0.3, 0.4) is 0 Å². The summed E-state index contributed by atoms with van der Waals surface area (Å²) in [5, 5.41) is 7.18. The lowest BCUT2D eigenvalue weighted by molar-refractivity contribution is 0.994. The Bertz CT molecular complexity index is 3250. The van der Waals surface area contributed by atoms with E-state index >= 15 is 0 Å². The van der Waals surface area contributed by atoms with Crippen LogP contribution in [-0.2, 0) is 0 Å². The molecule has 0 unspecified atom stereocenters. The molecule has 0 amide bonds. The molecular formula is C50H32N6. The number of para-hydroxylation sites is 4. The van der Waals surface area contributed by atoms with Crippen LogP contribution in [0.25, 0.3) is 99.8 Å². The standard InChI is InChI=1S/C50H32N6/c1-4-14-33(15-5-1)50-51-46(55-42-22-12-10-20-36(42)48-38-28-30-53(34-16-6-2-7-17-34)40(38)24-26-44(48)55)32-47(52-50)56-43-23-13-11-21-37(43)49-39-29-31-54(35-18-8-3-9-19-35)41(39)25-27-45(49)56/h1-32H. The second-order valence-corrected chi connectivity index (χ2v) is 14.3. The normalized spacial score (nSPS) is 11.9. The summed E-state index contributed by atoms with van der Waals surface area (Å²) in [7, 11) is 0. The molecular weight excluding hydrogens is 685 g/mol. The lowest BCUT2D eigenvalue weighted by Gasteiger charge is -2.14. The number of benzene rings is 7. The van der Waals surface area contributed by atoms with Gasteiger partial charge in [-0.25, -0.2) is 9.97 Å². The third-order valence-electron chi connectivity index (χ3n) is 11.3. The smallest absolute Gasteiger partial charge is 0.163 e. The first kappa shape index (κ1) is 30.7. The molecule has 6 heteroatoms. The van der Waals surface area contributed by atoms with E-state index in [9.17, 15) is 0 Å². The van der Waals surface area contributed by atoms with E-state index in [0.29, 0.717) is 5.82 Å². The molecule has 56 heavy (non-hydrogen) atoms. The van der Waals surface area contributed by atoms with Crippen LogP contribution in [0.5, 0.6) is 0 Å². The monoisotopic (exact) mass is 716 g/mol. The van der Waals surface area contributed by atoms with Gasteiger partial charge in [0, 0.05) is 67.7 Å². The van der Waals surface area contributed by atoms with Crippen molar-refractivity contribution in [3.8, 4) is 34.4 Å². The molecule has 0 bridgehead atoms. The highest BCUT2D eigenvalue weighted by Gasteiger charge is 2.22. The van der Waals surface area contributed by atoms with Gasteiger partial charge in [0.1, 0.15) is 11.6 Å². The first-order valence-electron chi connectivity index (χ1n) is 18.9. The molecule has 0 saturated heterocycles. The molecule has 0 atom stereocenters. The van der Waals surface area contributed by atoms with Crippen molar-refractivity contribution in [1.82, 2.24) is 28.2 Å². The largest absolute Gasteiger partial charge is 0.317 e. The summed E-state index contributed by atoms with van der Waals surface area (Å²) in [6, 6.07) is 64.3. The van der Waals surface area contributed by atoms with E-state index < -0.39 is 0 Å². The lowest BCUT2D eigenvalue weighted by Crippen LogP contribution is -2.06. The zero-order valence-electron chi connectivity index (χ0n) is 30.2. The van der Waals surface area contributed by atoms with E-state index in [1.54, 1.807) is 0 Å². The Morgan fingerprint density at radius 2 is 0.714 bits per heavy atom. The van der Waals surface area contributed by atoms with Crippen molar-refractivity contribution in [2.75, 3.05) is 0 Å². The zero-order valence-corrected chi connectivity index (χ0v) is 30.2. The summed E-state index contributed by atoms with van der Waals surface area (Å²) in [5.74, 6) is 2.29. The van der Waals surface area contributed by atoms with Gasteiger partial charge < -0.3 is 9.13 Å². The Balaban J connectivity index is 1.15. The van der Waals surface area contributed by atoms with Crippen molar-refractivity contribution in [3.63, 3.8) is 0 Å². The van der Waals surface area contributed by atoms with E-state index in [1.807, 2.05) is 18.2 Å². The molecule has 7 aromatic carbocycles. The summed E-state index contributed by atoms with van der Waals surface area (Å²) in [6.07, 6.45) is 4.35. The predicted octanol–water partition coefficient (Wildman–Crippen LogP) is 12.2. The topological polar surface area (TPSA) is 45.5 Å². The van der Waals surface area contributed by atoms with Gasteiger partial charge >= 0.3 is 0 Å². The fraction of sp³-hybridized carbons (Fsp3) is 0. The first-order chi connectivity index (χ1) is 27.8. The second kappa shape index (κ2) is 11.9. The van der Waals surface area contributed by atoms with Gasteiger partial charge in [0.25, 0.3) is 0 Å². The minimum Gasteiger partial charge on any atom is -0.317 e. The number of nitrogens with zero attached hydrogens (tertiary/aromatic N) is 6. The minimum atomic E-state index is 0.669. The van der Waals surface area contributed by atoms with Crippen LogP contribution < -0.4 is 0 Å². The van der Waals surface area contributed by atoms with Gasteiger partial charge in [-0.3, -0.25) is 9.13 Å². The Morgan fingerprint density at radius 1 is 0.321 bits per heavy atom. The minimum absolute atomic E-state index is 0.669. The molecule has 5 aromatic heterocycles. The van der Waals surface area contributed by atoms with Crippen LogP contribution in [0.15, 0.2) is 194 Å². The highest BCUT2D eigenvalue weighted by molar-refractivity contribution is 6.22. The molecule has 262 valence electrons. The Morgan fingerprint density at radius 3 is 1.20 bits per heavy atom. The fourth-order valence-electron chi connectivity index (χ4n) is 8.86. The van der Waals surface area contributed by atoms with E-state index in [-0.39, 0.29) is 0 Å². The van der Waals surface area contributed by atoms with Crippen molar-refractivity contribution in [1.29, 1.82) is 0 Å². The molecule has 0 spiro atoms. The molecule has 6 nitrogen and oxygen atoms in total. The average Bonchev–Trinajstić information content (AvgIpc) is 4.05. The maximum atomic E-state index is 5.37. The van der Waals surface area contributed by atoms with Crippen LogP contribution in [0.4, 0.5) is 0 Å². The number of hydrogen-bond donors (Lipinski definition) is 0. The Kier molecular flexibility index (Phi) is 6.53. The SMILES string of the molecule is c1ccc(-c2nc(-n3c4ccccc4c4c5ccn(-c6ccccc6)c5ccc43)cc(-n3c4ccccc4c4c5ccn(-c6ccccc6)c5ccc43)n2)cc1. The molecule has 5 heterocycles. The Labute approximate surface area is 321 Å². The van der Waals surface area contributed by atoms with Crippen LogP contribution in [-0.4, -0.2) is 28.2 Å². The number of hydrogen-bond acceptors (Lipinski definition) is 2. The van der Waals surface area contributed by atoms with Crippen molar-refractivity contribution in [2.45, 2.75) is 0 Å². The lowest BCUT2D eigenvalue weighted by atomic mass is 10.1. The van der Waals surface area contributed by atoms with Gasteiger partial charge in [-0.15, -0.1) is 0 Å². The maximum Gasteiger partial charge on any atom is 0.163 e. The summed E-state index contributed by atoms with van der Waals surface area (Å²) >= 11 is 0. The molecule has 0 aliphatic carbocycles. The molecule has 0 radical (unpaired) electrons. The van der Waals surface area contributed by atoms with E-state index in [0.717, 1.165) is 61.7 Å². The van der Waals surface area contributed by atoms with Crippen molar-refractivity contribution in [2.24, 2.45) is 0 Å². The summed E-state index contributed by atoms with van der Waals surface area (Å²) in [5.41, 5.74) is 9.95. The van der Waals surface area contributed by atoms with Gasteiger partial charge in [-0.05, 0) is 72.8 Å². The molecule has 0 aliphatic rings. The first-order valence-corrected chi connectivity index (χ1v) is 18.9. The molecule has 12 aromatic rings. The molecule has 12 rings (SSSR count). The van der Waals surface area contributed by atoms with Crippen molar-refractivity contribution >= 4 is 65.4 Å². The summed E-state index contributed by atoms with van der Waals surface area (Å²) in [6.45, 7) is 0. The third-order valence-corrected chi connectivity index (χ3v) is 11.3. The molecule has 0 saturated carbocycles. The van der Waals surface area contributed by atoms with E-state index in [4.69, 9.17) is 9.97 Å². The van der Waals surface area contributed by atoms with Gasteiger partial charge in [0.15, 0.2) is 5.82 Å². The summed E-state index contributed by atoms with van der Waals surface area (Å²) < 4.78 is 9.16. The van der Waals surface area contributed by atoms with Crippen LogP contribution >= 0.6 is 0 Å². The predicted molar refractivity (Wildman–Crippen MR) is 230 cm³/mol. The third kappa shape index (κ3) is 4.44. The van der Waals surface area contributed by atoms with Gasteiger partial charge in [0.2, 0.25) is 0 Å². The zero-order chi connectivity index (χ0) is 36.7. The van der Waals surface area contributed by atoms with E-state index in [1.165, 1.54) is 32.3 Å². The number of rotatable bonds is 5. The van der Waals surface area contributed by atoms with Gasteiger partial charge in [-0.1, -0.05) is 103 Å². The van der Waals surface area contributed by atoms with E-state index in [2.05, 4.69) is 194 Å². The van der Waals surface area contributed by atoms with Crippen molar-refractivity contribution < 1.29 is 0 Å². The quantitative estimate of drug-likeness (QED) is 0.178. The summed E-state index contributed by atoms with van der Waals surface area (Å²) in [4.78, 5) is 10.7. The van der Waals surface area contributed by atoms with Gasteiger partial charge in [0.05, 0.1) is 33.1 Å². The van der Waals surface area contributed by atoms with Gasteiger partial charge in [-0.2, -0.15) is 0 Å². The van der Waals surface area contributed by atoms with Crippen LogP contribution in [0, 0.1) is 0 Å². The number of fused-ring (bicyclic) bond motifs is 10. The van der Waals surface area contributed by atoms with Crippen LogP contribution in [0.1, 0.15) is 0 Å². The highest BCUT2D eigenvalue weighted by atomic mass is 15.1. The highest BCUT2D eigenvalue weighted by Crippen LogP contribution is 2.40. The van der Waals surface area contributed by atoms with Crippen LogP contribution in [0.2, 0.25) is 0 Å². The molecule has 0 aliphatic heterocycles. The second-order valence-electron chi connectivity index (χ2n) is 14.3. The van der Waals surface area contributed by atoms with Crippen molar-refractivity contribution in [3.05, 3.63) is 194 Å². The fourth-order valence-corrected chi connectivity index (χ4v) is 8.86. The Hall–Kier alpha value is -7.70. The molecule has 0 fully saturated rings.